The molecule has 1 unspecified atom stereocenters. The van der Waals surface area contributed by atoms with E-state index in [1.807, 2.05) is 13.8 Å². The van der Waals surface area contributed by atoms with Crippen LogP contribution in [0.25, 0.3) is 0 Å². The third-order valence-corrected chi connectivity index (χ3v) is 6.77. The van der Waals surface area contributed by atoms with Gasteiger partial charge in [0.2, 0.25) is 5.91 Å². The van der Waals surface area contributed by atoms with Crippen molar-refractivity contribution in [3.8, 4) is 0 Å². The lowest BCUT2D eigenvalue weighted by Gasteiger charge is -2.45. The summed E-state index contributed by atoms with van der Waals surface area (Å²) in [6.07, 6.45) is 2.25. The van der Waals surface area contributed by atoms with Gasteiger partial charge in [-0.2, -0.15) is 0 Å². The lowest BCUT2D eigenvalue weighted by Crippen LogP contribution is -2.39. The third kappa shape index (κ3) is 3.07. The lowest BCUT2D eigenvalue weighted by molar-refractivity contribution is -0.121. The largest absolute Gasteiger partial charge is 0.361 e. The van der Waals surface area contributed by atoms with Gasteiger partial charge in [-0.15, -0.1) is 0 Å². The number of aromatic nitrogens is 1. The van der Waals surface area contributed by atoms with E-state index in [4.69, 9.17) is 4.52 Å². The Balaban J connectivity index is 1.30. The van der Waals surface area contributed by atoms with E-state index in [0.29, 0.717) is 30.6 Å². The minimum absolute atomic E-state index is 0.105. The van der Waals surface area contributed by atoms with Crippen molar-refractivity contribution >= 4 is 5.91 Å². The zero-order valence-corrected chi connectivity index (χ0v) is 16.9. The zero-order valence-electron chi connectivity index (χ0n) is 16.9. The summed E-state index contributed by atoms with van der Waals surface area (Å²) in [4.78, 5) is 12.5. The summed E-state index contributed by atoms with van der Waals surface area (Å²) >= 11 is 0. The number of carbonyl (C=O) groups excluding carboxylic acids is 1. The van der Waals surface area contributed by atoms with E-state index in [1.54, 1.807) is 0 Å². The Morgan fingerprint density at radius 2 is 1.66 bits per heavy atom. The maximum absolute atomic E-state index is 12.5. The number of fused-ring (bicyclic) bond motifs is 1. The van der Waals surface area contributed by atoms with Gasteiger partial charge in [-0.3, -0.25) is 4.79 Å². The Kier molecular flexibility index (Phi) is 4.50. The second-order valence-electron chi connectivity index (χ2n) is 8.39. The number of carbonyl (C=O) groups is 1. The fraction of sp³-hybridized carbons (Fsp3) is 0.360. The van der Waals surface area contributed by atoms with Crippen molar-refractivity contribution in [1.29, 1.82) is 0 Å². The van der Waals surface area contributed by atoms with Gasteiger partial charge in [0.05, 0.1) is 5.69 Å². The number of nitrogens with zero attached hydrogens (tertiary/aromatic N) is 1. The topological polar surface area (TPSA) is 55.1 Å². The Morgan fingerprint density at radius 3 is 2.24 bits per heavy atom. The van der Waals surface area contributed by atoms with Crippen molar-refractivity contribution in [2.75, 3.05) is 6.54 Å². The van der Waals surface area contributed by atoms with Crippen LogP contribution in [-0.4, -0.2) is 17.6 Å². The predicted octanol–water partition coefficient (Wildman–Crippen LogP) is 4.64. The highest BCUT2D eigenvalue weighted by Crippen LogP contribution is 2.55. The quantitative estimate of drug-likeness (QED) is 0.695. The average molecular weight is 386 g/mol. The molecular formula is C25H26N2O2. The number of aryl methyl sites for hydroxylation is 2. The molecule has 4 heteroatoms. The highest BCUT2D eigenvalue weighted by Gasteiger charge is 2.42. The first-order chi connectivity index (χ1) is 14.1. The molecule has 6 rings (SSSR count). The van der Waals surface area contributed by atoms with Gasteiger partial charge in [0.15, 0.2) is 0 Å². The maximum Gasteiger partial charge on any atom is 0.220 e. The third-order valence-electron chi connectivity index (χ3n) is 6.77. The molecule has 0 aliphatic heterocycles. The van der Waals surface area contributed by atoms with Crippen LogP contribution in [0, 0.1) is 19.8 Å². The van der Waals surface area contributed by atoms with Crippen LogP contribution < -0.4 is 5.32 Å². The SMILES string of the molecule is Cc1noc(C)c1CCC(=O)NCC1CC2c3ccccc3C1c1ccccc12. The summed E-state index contributed by atoms with van der Waals surface area (Å²) < 4.78 is 5.20. The molecular weight excluding hydrogens is 360 g/mol. The number of hydrogen-bond acceptors (Lipinski definition) is 3. The van der Waals surface area contributed by atoms with Crippen molar-refractivity contribution in [2.24, 2.45) is 5.92 Å². The first kappa shape index (κ1) is 18.2. The van der Waals surface area contributed by atoms with Crippen LogP contribution in [-0.2, 0) is 11.2 Å². The van der Waals surface area contributed by atoms with Crippen molar-refractivity contribution in [3.05, 3.63) is 87.8 Å². The summed E-state index contributed by atoms with van der Waals surface area (Å²) in [5, 5.41) is 7.19. The molecule has 0 saturated heterocycles. The standard InChI is InChI=1S/C25H26N2O2/c1-15-18(16(2)29-27-15)11-12-24(28)26-14-17-13-23-19-7-3-5-9-21(19)25(17)22-10-6-4-8-20(22)23/h3-10,17,23,25H,11-14H2,1-2H3,(H,26,28). The molecule has 0 fully saturated rings. The predicted molar refractivity (Wildman–Crippen MR) is 112 cm³/mol. The minimum atomic E-state index is 0.105. The molecule has 3 aliphatic rings. The summed E-state index contributed by atoms with van der Waals surface area (Å²) in [6.45, 7) is 4.56. The van der Waals surface area contributed by atoms with Crippen molar-refractivity contribution in [2.45, 2.75) is 44.9 Å². The average Bonchev–Trinajstić information content (AvgIpc) is 3.08. The van der Waals surface area contributed by atoms with E-state index in [1.165, 1.54) is 22.3 Å². The molecule has 4 nitrogen and oxygen atoms in total. The van der Waals surface area contributed by atoms with Gasteiger partial charge >= 0.3 is 0 Å². The fourth-order valence-corrected chi connectivity index (χ4v) is 5.39. The number of amides is 1. The molecule has 1 atom stereocenters. The van der Waals surface area contributed by atoms with Crippen LogP contribution in [0.3, 0.4) is 0 Å². The first-order valence-electron chi connectivity index (χ1n) is 10.5. The second kappa shape index (κ2) is 7.18. The molecule has 148 valence electrons. The van der Waals surface area contributed by atoms with Crippen LogP contribution >= 0.6 is 0 Å². The van der Waals surface area contributed by atoms with Crippen LogP contribution in [0.15, 0.2) is 53.1 Å². The minimum Gasteiger partial charge on any atom is -0.361 e. The molecule has 2 aromatic carbocycles. The van der Waals surface area contributed by atoms with Gasteiger partial charge in [0, 0.05) is 30.4 Å². The van der Waals surface area contributed by atoms with Crippen LogP contribution in [0.5, 0.6) is 0 Å². The number of nitrogens with one attached hydrogen (secondary N) is 1. The fourth-order valence-electron chi connectivity index (χ4n) is 5.39. The lowest BCUT2D eigenvalue weighted by atomic mass is 9.59. The Morgan fingerprint density at radius 1 is 1.03 bits per heavy atom. The van der Waals surface area contributed by atoms with Crippen molar-refractivity contribution < 1.29 is 9.32 Å². The maximum atomic E-state index is 12.5. The molecule has 29 heavy (non-hydrogen) atoms. The van der Waals surface area contributed by atoms with Crippen molar-refractivity contribution in [3.63, 3.8) is 0 Å². The molecule has 2 bridgehead atoms. The normalized spacial score (nSPS) is 21.5. The summed E-state index contributed by atoms with van der Waals surface area (Å²) in [5.41, 5.74) is 7.76. The van der Waals surface area contributed by atoms with Gasteiger partial charge in [0.1, 0.15) is 5.76 Å². The number of hydrogen-bond donors (Lipinski definition) is 1. The van der Waals surface area contributed by atoms with Crippen LogP contribution in [0.1, 0.15) is 63.9 Å². The molecule has 3 aromatic rings. The second-order valence-corrected chi connectivity index (χ2v) is 8.39. The van der Waals surface area contributed by atoms with E-state index < -0.39 is 0 Å². The number of rotatable bonds is 5. The summed E-state index contributed by atoms with van der Waals surface area (Å²) in [6, 6.07) is 17.7. The molecule has 1 aromatic heterocycles. The van der Waals surface area contributed by atoms with E-state index in [9.17, 15) is 4.79 Å². The smallest absolute Gasteiger partial charge is 0.220 e. The Bertz CT molecular complexity index is 1000. The molecule has 1 N–H and O–H groups in total. The number of benzene rings is 2. The van der Waals surface area contributed by atoms with Gasteiger partial charge in [-0.05, 0) is 54.9 Å². The van der Waals surface area contributed by atoms with Crippen molar-refractivity contribution in [1.82, 2.24) is 10.5 Å². The van der Waals surface area contributed by atoms with Crippen LogP contribution in [0.2, 0.25) is 0 Å². The van der Waals surface area contributed by atoms with Gasteiger partial charge in [-0.25, -0.2) is 0 Å². The zero-order chi connectivity index (χ0) is 20.0. The van der Waals surface area contributed by atoms with E-state index >= 15 is 0 Å². The van der Waals surface area contributed by atoms with E-state index in [2.05, 4.69) is 59.0 Å². The van der Waals surface area contributed by atoms with Crippen LogP contribution in [0.4, 0.5) is 0 Å². The molecule has 3 aliphatic carbocycles. The Labute approximate surface area is 171 Å². The molecule has 1 heterocycles. The summed E-state index contributed by atoms with van der Waals surface area (Å²) in [5.74, 6) is 2.17. The summed E-state index contributed by atoms with van der Waals surface area (Å²) in [7, 11) is 0. The monoisotopic (exact) mass is 386 g/mol. The highest BCUT2D eigenvalue weighted by molar-refractivity contribution is 5.76. The van der Waals surface area contributed by atoms with Gasteiger partial charge in [-0.1, -0.05) is 53.7 Å². The Hall–Kier alpha value is -2.88. The van der Waals surface area contributed by atoms with E-state index in [0.717, 1.165) is 30.0 Å². The first-order valence-corrected chi connectivity index (χ1v) is 10.5. The molecule has 0 radical (unpaired) electrons. The van der Waals surface area contributed by atoms with E-state index in [-0.39, 0.29) is 5.91 Å². The molecule has 0 saturated carbocycles. The van der Waals surface area contributed by atoms with Gasteiger partial charge < -0.3 is 9.84 Å². The van der Waals surface area contributed by atoms with Gasteiger partial charge in [0.25, 0.3) is 0 Å². The molecule has 1 amide bonds. The highest BCUT2D eigenvalue weighted by atomic mass is 16.5. The molecule has 0 spiro atoms.